The molecule has 1 saturated heterocycles. The third-order valence-corrected chi connectivity index (χ3v) is 3.40. The van der Waals surface area contributed by atoms with E-state index in [0.29, 0.717) is 30.2 Å². The summed E-state index contributed by atoms with van der Waals surface area (Å²) in [6, 6.07) is 5.15. The number of nitrogen functional groups attached to an aromatic ring is 1. The molecule has 2 rings (SSSR count). The molecule has 7 nitrogen and oxygen atoms in total. The third-order valence-electron chi connectivity index (χ3n) is 3.40. The Kier molecular flexibility index (Phi) is 4.79. The SMILES string of the molecule is CN1CCN(c2ccc(N)c(NC(=O)OC(C)(C)C)c2)C(=O)C1. The highest BCUT2D eigenvalue weighted by molar-refractivity contribution is 5.97. The van der Waals surface area contributed by atoms with E-state index in [0.717, 1.165) is 6.54 Å². The molecule has 0 unspecified atom stereocenters. The zero-order valence-electron chi connectivity index (χ0n) is 14.0. The maximum Gasteiger partial charge on any atom is 0.412 e. The van der Waals surface area contributed by atoms with Crippen LogP contribution in [0.5, 0.6) is 0 Å². The lowest BCUT2D eigenvalue weighted by Crippen LogP contribution is -2.48. The Morgan fingerprint density at radius 2 is 2.00 bits per heavy atom. The first-order chi connectivity index (χ1) is 10.7. The van der Waals surface area contributed by atoms with Crippen molar-refractivity contribution in [1.82, 2.24) is 4.90 Å². The van der Waals surface area contributed by atoms with Gasteiger partial charge in [0.1, 0.15) is 5.60 Å². The summed E-state index contributed by atoms with van der Waals surface area (Å²) in [7, 11) is 1.91. The molecule has 1 aromatic carbocycles. The fourth-order valence-electron chi connectivity index (χ4n) is 2.30. The standard InChI is InChI=1S/C16H24N4O3/c1-16(2,3)23-15(22)18-13-9-11(5-6-12(13)17)20-8-7-19(4)10-14(20)21/h5-6,9H,7-8,10,17H2,1-4H3,(H,18,22). The second-order valence-corrected chi connectivity index (χ2v) is 6.68. The fourth-order valence-corrected chi connectivity index (χ4v) is 2.30. The van der Waals surface area contributed by atoms with E-state index in [9.17, 15) is 9.59 Å². The first-order valence-corrected chi connectivity index (χ1v) is 7.54. The van der Waals surface area contributed by atoms with Crippen LogP contribution in [0.4, 0.5) is 21.9 Å². The van der Waals surface area contributed by atoms with Crippen LogP contribution in [-0.2, 0) is 9.53 Å². The van der Waals surface area contributed by atoms with Gasteiger partial charge in [0.25, 0.3) is 0 Å². The number of hydrogen-bond donors (Lipinski definition) is 2. The van der Waals surface area contributed by atoms with Crippen molar-refractivity contribution < 1.29 is 14.3 Å². The number of ether oxygens (including phenoxy) is 1. The number of carbonyl (C=O) groups excluding carboxylic acids is 2. The van der Waals surface area contributed by atoms with Crippen LogP contribution in [0, 0.1) is 0 Å². The minimum absolute atomic E-state index is 0.0201. The number of nitrogens with one attached hydrogen (secondary N) is 1. The van der Waals surface area contributed by atoms with Crippen molar-refractivity contribution in [2.45, 2.75) is 26.4 Å². The largest absolute Gasteiger partial charge is 0.444 e. The average molecular weight is 320 g/mol. The summed E-state index contributed by atoms with van der Waals surface area (Å²) in [6.07, 6.45) is -0.578. The Morgan fingerprint density at radius 3 is 2.61 bits per heavy atom. The third kappa shape index (κ3) is 4.59. The number of piperazine rings is 1. The van der Waals surface area contributed by atoms with Crippen molar-refractivity contribution >= 4 is 29.1 Å². The van der Waals surface area contributed by atoms with Gasteiger partial charge in [0.2, 0.25) is 5.91 Å². The number of amides is 2. The normalized spacial score (nSPS) is 16.3. The van der Waals surface area contributed by atoms with Gasteiger partial charge in [-0.3, -0.25) is 15.0 Å². The number of nitrogens with two attached hydrogens (primary N) is 1. The summed E-state index contributed by atoms with van der Waals surface area (Å²) in [5, 5.41) is 2.64. The van der Waals surface area contributed by atoms with Gasteiger partial charge in [0, 0.05) is 18.8 Å². The number of nitrogens with zero attached hydrogens (tertiary/aromatic N) is 2. The summed E-state index contributed by atoms with van der Waals surface area (Å²) in [4.78, 5) is 27.7. The van der Waals surface area contributed by atoms with Crippen LogP contribution in [0.1, 0.15) is 20.8 Å². The van der Waals surface area contributed by atoms with Crippen LogP contribution in [0.2, 0.25) is 0 Å². The lowest BCUT2D eigenvalue weighted by atomic mass is 10.2. The lowest BCUT2D eigenvalue weighted by molar-refractivity contribution is -0.120. The predicted molar refractivity (Wildman–Crippen MR) is 90.6 cm³/mol. The van der Waals surface area contributed by atoms with Crippen LogP contribution in [0.15, 0.2) is 18.2 Å². The lowest BCUT2D eigenvalue weighted by Gasteiger charge is -2.32. The molecule has 7 heteroatoms. The van der Waals surface area contributed by atoms with E-state index in [4.69, 9.17) is 10.5 Å². The molecule has 1 aliphatic heterocycles. The quantitative estimate of drug-likeness (QED) is 0.813. The molecular formula is C16H24N4O3. The van der Waals surface area contributed by atoms with E-state index < -0.39 is 11.7 Å². The van der Waals surface area contributed by atoms with Crippen LogP contribution in [0.25, 0.3) is 0 Å². The molecule has 0 aromatic heterocycles. The number of anilines is 3. The van der Waals surface area contributed by atoms with Gasteiger partial charge in [-0.05, 0) is 46.0 Å². The number of rotatable bonds is 2. The Morgan fingerprint density at radius 1 is 1.30 bits per heavy atom. The van der Waals surface area contributed by atoms with Crippen molar-refractivity contribution in [3.05, 3.63) is 18.2 Å². The van der Waals surface area contributed by atoms with Crippen LogP contribution in [-0.4, -0.2) is 49.2 Å². The summed E-state index contributed by atoms with van der Waals surface area (Å²) in [5.74, 6) is 0.0201. The molecule has 1 fully saturated rings. The molecule has 3 N–H and O–H groups in total. The fraction of sp³-hybridized carbons (Fsp3) is 0.500. The van der Waals surface area contributed by atoms with Crippen molar-refractivity contribution in [1.29, 1.82) is 0 Å². The van der Waals surface area contributed by atoms with Crippen molar-refractivity contribution in [3.8, 4) is 0 Å². The second kappa shape index (κ2) is 6.45. The Hall–Kier alpha value is -2.28. The summed E-state index contributed by atoms with van der Waals surface area (Å²) >= 11 is 0. The van der Waals surface area contributed by atoms with Crippen molar-refractivity contribution in [2.75, 3.05) is 42.6 Å². The number of hydrogen-bond acceptors (Lipinski definition) is 5. The van der Waals surface area contributed by atoms with Gasteiger partial charge >= 0.3 is 6.09 Å². The molecule has 0 aliphatic carbocycles. The maximum atomic E-state index is 12.2. The van der Waals surface area contributed by atoms with Crippen LogP contribution in [0.3, 0.4) is 0 Å². The average Bonchev–Trinajstić information content (AvgIpc) is 2.39. The van der Waals surface area contributed by atoms with E-state index in [1.54, 1.807) is 43.9 Å². The van der Waals surface area contributed by atoms with E-state index in [-0.39, 0.29) is 5.91 Å². The highest BCUT2D eigenvalue weighted by Gasteiger charge is 2.24. The maximum absolute atomic E-state index is 12.2. The van der Waals surface area contributed by atoms with E-state index in [2.05, 4.69) is 5.32 Å². The smallest absolute Gasteiger partial charge is 0.412 e. The molecule has 1 aromatic rings. The molecule has 0 spiro atoms. The molecule has 0 radical (unpaired) electrons. The summed E-state index contributed by atoms with van der Waals surface area (Å²) < 4.78 is 5.22. The van der Waals surface area contributed by atoms with Crippen LogP contribution >= 0.6 is 0 Å². The highest BCUT2D eigenvalue weighted by Crippen LogP contribution is 2.27. The van der Waals surface area contributed by atoms with Gasteiger partial charge in [0.05, 0.1) is 17.9 Å². The minimum atomic E-state index is -0.593. The molecule has 126 valence electrons. The number of benzene rings is 1. The predicted octanol–water partition coefficient (Wildman–Crippen LogP) is 1.89. The zero-order chi connectivity index (χ0) is 17.2. The first-order valence-electron chi connectivity index (χ1n) is 7.54. The summed E-state index contributed by atoms with van der Waals surface area (Å²) in [6.45, 7) is 7.13. The number of carbonyl (C=O) groups is 2. The minimum Gasteiger partial charge on any atom is -0.444 e. The van der Waals surface area contributed by atoms with Gasteiger partial charge in [0.15, 0.2) is 0 Å². The molecular weight excluding hydrogens is 296 g/mol. The van der Waals surface area contributed by atoms with Gasteiger partial charge in [-0.25, -0.2) is 4.79 Å². The van der Waals surface area contributed by atoms with Gasteiger partial charge < -0.3 is 15.4 Å². The Bertz CT molecular complexity index is 610. The molecule has 23 heavy (non-hydrogen) atoms. The van der Waals surface area contributed by atoms with Crippen molar-refractivity contribution in [2.24, 2.45) is 0 Å². The Balaban J connectivity index is 2.16. The number of likely N-dealkylation sites (N-methyl/N-ethyl adjacent to an activating group) is 1. The van der Waals surface area contributed by atoms with Gasteiger partial charge in [-0.2, -0.15) is 0 Å². The topological polar surface area (TPSA) is 87.9 Å². The van der Waals surface area contributed by atoms with Gasteiger partial charge in [-0.1, -0.05) is 0 Å². The highest BCUT2D eigenvalue weighted by atomic mass is 16.6. The van der Waals surface area contributed by atoms with E-state index in [1.807, 2.05) is 11.9 Å². The zero-order valence-corrected chi connectivity index (χ0v) is 14.0. The Labute approximate surface area is 136 Å². The molecule has 0 atom stereocenters. The van der Waals surface area contributed by atoms with Gasteiger partial charge in [-0.15, -0.1) is 0 Å². The first kappa shape index (κ1) is 17.1. The van der Waals surface area contributed by atoms with E-state index in [1.165, 1.54) is 0 Å². The second-order valence-electron chi connectivity index (χ2n) is 6.68. The van der Waals surface area contributed by atoms with Crippen LogP contribution < -0.4 is 16.0 Å². The molecule has 1 aliphatic rings. The molecule has 2 amide bonds. The molecule has 0 bridgehead atoms. The summed E-state index contributed by atoms with van der Waals surface area (Å²) in [5.41, 5.74) is 6.88. The monoisotopic (exact) mass is 320 g/mol. The van der Waals surface area contributed by atoms with E-state index >= 15 is 0 Å². The molecule has 0 saturated carbocycles. The molecule has 1 heterocycles. The van der Waals surface area contributed by atoms with Crippen molar-refractivity contribution in [3.63, 3.8) is 0 Å².